The lowest BCUT2D eigenvalue weighted by Gasteiger charge is -2.21. The van der Waals surface area contributed by atoms with Crippen LogP contribution in [0.25, 0.3) is 0 Å². The van der Waals surface area contributed by atoms with Gasteiger partial charge in [-0.15, -0.1) is 0 Å². The average molecular weight is 248 g/mol. The Kier molecular flexibility index (Phi) is 4.20. The lowest BCUT2D eigenvalue weighted by molar-refractivity contribution is 0.0765. The first-order valence-corrected chi connectivity index (χ1v) is 6.37. The molecule has 4 heteroatoms. The van der Waals surface area contributed by atoms with E-state index < -0.39 is 0 Å². The molecule has 0 unspecified atom stereocenters. The monoisotopic (exact) mass is 248 g/mol. The maximum atomic E-state index is 12.4. The molecule has 0 radical (unpaired) electrons. The van der Waals surface area contributed by atoms with Crippen LogP contribution < -0.4 is 10.1 Å². The highest BCUT2D eigenvalue weighted by atomic mass is 16.5. The molecule has 1 aliphatic rings. The van der Waals surface area contributed by atoms with Crippen LogP contribution in [0.15, 0.2) is 18.2 Å². The molecular formula is C14H20N2O2. The van der Waals surface area contributed by atoms with Crippen molar-refractivity contribution in [2.24, 2.45) is 0 Å². The first-order valence-electron chi connectivity index (χ1n) is 6.37. The highest BCUT2D eigenvalue weighted by Gasteiger charge is 2.18. The van der Waals surface area contributed by atoms with Crippen molar-refractivity contribution < 1.29 is 9.53 Å². The minimum absolute atomic E-state index is 0.124. The number of methoxy groups -OCH3 is 1. The molecule has 1 aromatic carbocycles. The van der Waals surface area contributed by atoms with Crippen LogP contribution in [0.4, 0.5) is 0 Å². The highest BCUT2D eigenvalue weighted by molar-refractivity contribution is 5.95. The van der Waals surface area contributed by atoms with Gasteiger partial charge in [0.25, 0.3) is 5.91 Å². The van der Waals surface area contributed by atoms with Crippen molar-refractivity contribution in [1.82, 2.24) is 10.2 Å². The molecule has 0 aromatic heterocycles. The quantitative estimate of drug-likeness (QED) is 0.861. The van der Waals surface area contributed by atoms with Crippen LogP contribution in [0.1, 0.15) is 22.3 Å². The molecule has 2 rings (SSSR count). The molecule has 0 bridgehead atoms. The first kappa shape index (κ1) is 12.9. The van der Waals surface area contributed by atoms with Crippen LogP contribution in [0.3, 0.4) is 0 Å². The number of ether oxygens (including phenoxy) is 1. The normalized spacial score (nSPS) is 16.2. The summed E-state index contributed by atoms with van der Waals surface area (Å²) in [5.41, 5.74) is 1.74. The average Bonchev–Trinajstić information content (AvgIpc) is 2.66. The summed E-state index contributed by atoms with van der Waals surface area (Å²) in [4.78, 5) is 14.4. The number of hydrogen-bond acceptors (Lipinski definition) is 3. The molecule has 1 saturated heterocycles. The van der Waals surface area contributed by atoms with Crippen molar-refractivity contribution in [3.8, 4) is 5.75 Å². The second kappa shape index (κ2) is 5.87. The Balaban J connectivity index is 2.16. The molecule has 98 valence electrons. The zero-order valence-corrected chi connectivity index (χ0v) is 11.0. The van der Waals surface area contributed by atoms with E-state index in [4.69, 9.17) is 4.74 Å². The largest absolute Gasteiger partial charge is 0.497 e. The fraction of sp³-hybridized carbons (Fsp3) is 0.500. The number of aryl methyl sites for hydroxylation is 1. The number of nitrogens with zero attached hydrogens (tertiary/aromatic N) is 1. The predicted octanol–water partition coefficient (Wildman–Crippen LogP) is 1.44. The molecule has 0 saturated carbocycles. The van der Waals surface area contributed by atoms with Gasteiger partial charge in [0.2, 0.25) is 0 Å². The van der Waals surface area contributed by atoms with Gasteiger partial charge >= 0.3 is 0 Å². The van der Waals surface area contributed by atoms with Crippen molar-refractivity contribution in [3.63, 3.8) is 0 Å². The lowest BCUT2D eigenvalue weighted by atomic mass is 10.1. The number of carbonyl (C=O) groups is 1. The Morgan fingerprint density at radius 2 is 2.17 bits per heavy atom. The van der Waals surface area contributed by atoms with E-state index >= 15 is 0 Å². The summed E-state index contributed by atoms with van der Waals surface area (Å²) in [6, 6.07) is 5.61. The molecule has 0 spiro atoms. The van der Waals surface area contributed by atoms with Crippen LogP contribution in [0.2, 0.25) is 0 Å². The topological polar surface area (TPSA) is 41.6 Å². The van der Waals surface area contributed by atoms with E-state index in [1.807, 2.05) is 30.0 Å². The maximum Gasteiger partial charge on any atom is 0.254 e. The van der Waals surface area contributed by atoms with Gasteiger partial charge in [-0.25, -0.2) is 0 Å². The SMILES string of the molecule is COc1ccc(C(=O)N2CCCNCC2)c(C)c1. The molecule has 1 heterocycles. The van der Waals surface area contributed by atoms with Gasteiger partial charge in [0.15, 0.2) is 0 Å². The molecule has 1 N–H and O–H groups in total. The minimum atomic E-state index is 0.124. The summed E-state index contributed by atoms with van der Waals surface area (Å²) in [7, 11) is 1.64. The number of rotatable bonds is 2. The van der Waals surface area contributed by atoms with Crippen molar-refractivity contribution in [1.29, 1.82) is 0 Å². The standard InChI is InChI=1S/C14H20N2O2/c1-11-10-12(18-2)4-5-13(11)14(17)16-8-3-6-15-7-9-16/h4-5,10,15H,3,6-9H2,1-2H3. The zero-order valence-electron chi connectivity index (χ0n) is 11.0. The molecule has 4 nitrogen and oxygen atoms in total. The number of amides is 1. The van der Waals surface area contributed by atoms with Gasteiger partial charge in [0.1, 0.15) is 5.75 Å². The predicted molar refractivity (Wildman–Crippen MR) is 71.1 cm³/mol. The summed E-state index contributed by atoms with van der Waals surface area (Å²) >= 11 is 0. The molecule has 0 aliphatic carbocycles. The van der Waals surface area contributed by atoms with E-state index in [9.17, 15) is 4.79 Å². The summed E-state index contributed by atoms with van der Waals surface area (Å²) in [5, 5.41) is 3.30. The summed E-state index contributed by atoms with van der Waals surface area (Å²) in [5.74, 6) is 0.917. The van der Waals surface area contributed by atoms with Crippen LogP contribution in [0, 0.1) is 6.92 Å². The van der Waals surface area contributed by atoms with Crippen molar-refractivity contribution in [3.05, 3.63) is 29.3 Å². The summed E-state index contributed by atoms with van der Waals surface area (Å²) < 4.78 is 5.16. The van der Waals surface area contributed by atoms with Gasteiger partial charge < -0.3 is 15.0 Å². The number of hydrogen-bond donors (Lipinski definition) is 1. The Hall–Kier alpha value is -1.55. The maximum absolute atomic E-state index is 12.4. The van der Waals surface area contributed by atoms with Crippen molar-refractivity contribution >= 4 is 5.91 Å². The van der Waals surface area contributed by atoms with Gasteiger partial charge in [-0.3, -0.25) is 4.79 Å². The Morgan fingerprint density at radius 3 is 2.89 bits per heavy atom. The smallest absolute Gasteiger partial charge is 0.254 e. The summed E-state index contributed by atoms with van der Waals surface area (Å²) in [6.45, 7) is 5.43. The molecular weight excluding hydrogens is 228 g/mol. The highest BCUT2D eigenvalue weighted by Crippen LogP contribution is 2.18. The Morgan fingerprint density at radius 1 is 1.33 bits per heavy atom. The fourth-order valence-corrected chi connectivity index (χ4v) is 2.22. The summed E-state index contributed by atoms with van der Waals surface area (Å²) in [6.07, 6.45) is 1.01. The fourth-order valence-electron chi connectivity index (χ4n) is 2.22. The molecule has 1 aromatic rings. The van der Waals surface area contributed by atoms with E-state index in [0.717, 1.165) is 49.5 Å². The van der Waals surface area contributed by atoms with Gasteiger partial charge in [-0.05, 0) is 43.7 Å². The Labute approximate surface area is 108 Å². The molecule has 0 atom stereocenters. The van der Waals surface area contributed by atoms with Gasteiger partial charge in [0, 0.05) is 25.2 Å². The van der Waals surface area contributed by atoms with Crippen molar-refractivity contribution in [2.75, 3.05) is 33.3 Å². The third-order valence-corrected chi connectivity index (χ3v) is 3.29. The van der Waals surface area contributed by atoms with Gasteiger partial charge in [-0.1, -0.05) is 0 Å². The van der Waals surface area contributed by atoms with Crippen LogP contribution in [-0.4, -0.2) is 44.1 Å². The number of nitrogens with one attached hydrogen (secondary N) is 1. The second-order valence-electron chi connectivity index (χ2n) is 4.58. The first-order chi connectivity index (χ1) is 8.72. The lowest BCUT2D eigenvalue weighted by Crippen LogP contribution is -2.34. The molecule has 1 fully saturated rings. The van der Waals surface area contributed by atoms with Crippen molar-refractivity contribution in [2.45, 2.75) is 13.3 Å². The third kappa shape index (κ3) is 2.82. The molecule has 18 heavy (non-hydrogen) atoms. The van der Waals surface area contributed by atoms with E-state index in [2.05, 4.69) is 5.32 Å². The van der Waals surface area contributed by atoms with E-state index in [1.165, 1.54) is 0 Å². The molecule has 1 aliphatic heterocycles. The zero-order chi connectivity index (χ0) is 13.0. The van der Waals surface area contributed by atoms with E-state index in [1.54, 1.807) is 7.11 Å². The van der Waals surface area contributed by atoms with E-state index in [-0.39, 0.29) is 5.91 Å². The third-order valence-electron chi connectivity index (χ3n) is 3.29. The Bertz CT molecular complexity index is 424. The number of carbonyl (C=O) groups excluding carboxylic acids is 1. The van der Waals surface area contributed by atoms with Gasteiger partial charge in [-0.2, -0.15) is 0 Å². The number of benzene rings is 1. The molecule has 1 amide bonds. The second-order valence-corrected chi connectivity index (χ2v) is 4.58. The minimum Gasteiger partial charge on any atom is -0.497 e. The van der Waals surface area contributed by atoms with Crippen LogP contribution >= 0.6 is 0 Å². The van der Waals surface area contributed by atoms with E-state index in [0.29, 0.717) is 0 Å². The van der Waals surface area contributed by atoms with Gasteiger partial charge in [0.05, 0.1) is 7.11 Å². The van der Waals surface area contributed by atoms with Crippen LogP contribution in [0.5, 0.6) is 5.75 Å². The van der Waals surface area contributed by atoms with Crippen LogP contribution in [-0.2, 0) is 0 Å².